The molecule has 1 aromatic carbocycles. The van der Waals surface area contributed by atoms with E-state index in [0.717, 1.165) is 24.6 Å². The molecule has 0 unspecified atom stereocenters. The predicted octanol–water partition coefficient (Wildman–Crippen LogP) is 3.02. The Labute approximate surface area is 180 Å². The van der Waals surface area contributed by atoms with Crippen molar-refractivity contribution in [3.8, 4) is 5.88 Å². The van der Waals surface area contributed by atoms with Crippen molar-refractivity contribution >= 4 is 28.9 Å². The second kappa shape index (κ2) is 9.40. The zero-order valence-electron chi connectivity index (χ0n) is 17.5. The van der Waals surface area contributed by atoms with Crippen molar-refractivity contribution in [3.05, 3.63) is 60.0 Å². The molecule has 0 aliphatic carbocycles. The molecule has 1 aliphatic rings. The minimum atomic E-state index is -0.285. The van der Waals surface area contributed by atoms with E-state index in [2.05, 4.69) is 30.5 Å². The van der Waals surface area contributed by atoms with Gasteiger partial charge in [0.2, 0.25) is 5.88 Å². The van der Waals surface area contributed by atoms with Gasteiger partial charge in [0.15, 0.2) is 0 Å². The minimum Gasteiger partial charge on any atom is -0.480 e. The summed E-state index contributed by atoms with van der Waals surface area (Å²) in [5.74, 6) is 2.29. The third-order valence-corrected chi connectivity index (χ3v) is 4.78. The van der Waals surface area contributed by atoms with Crippen molar-refractivity contribution < 1.29 is 14.3 Å². The van der Waals surface area contributed by atoms with E-state index in [0.29, 0.717) is 36.1 Å². The molecule has 160 valence electrons. The Morgan fingerprint density at radius 1 is 1.10 bits per heavy atom. The number of amides is 1. The number of carbonyl (C=O) groups is 1. The number of rotatable bonds is 6. The molecule has 1 aliphatic heterocycles. The summed E-state index contributed by atoms with van der Waals surface area (Å²) >= 11 is 0. The van der Waals surface area contributed by atoms with E-state index in [4.69, 9.17) is 9.47 Å². The predicted molar refractivity (Wildman–Crippen MR) is 118 cm³/mol. The van der Waals surface area contributed by atoms with Crippen LogP contribution in [-0.2, 0) is 4.74 Å². The van der Waals surface area contributed by atoms with Crippen molar-refractivity contribution in [3.63, 3.8) is 0 Å². The number of nitrogens with zero attached hydrogens (tertiary/aromatic N) is 4. The minimum absolute atomic E-state index is 0.285. The van der Waals surface area contributed by atoms with Gasteiger partial charge in [-0.2, -0.15) is 0 Å². The van der Waals surface area contributed by atoms with Crippen molar-refractivity contribution in [1.29, 1.82) is 0 Å². The molecule has 0 spiro atoms. The average molecular weight is 420 g/mol. The summed E-state index contributed by atoms with van der Waals surface area (Å²) in [7, 11) is 1.49. The average Bonchev–Trinajstić information content (AvgIpc) is 2.80. The molecule has 3 aromatic rings. The standard InChI is InChI=1S/C22H24N6O3/c1-15-24-19(14-20(25-15)28-10-12-31-13-11-28)26-16-5-7-17(8-6-16)27-21(29)18-4-3-9-23-22(18)30-2/h3-9,14H,10-13H2,1-2H3,(H,27,29)(H,24,25,26). The van der Waals surface area contributed by atoms with Gasteiger partial charge >= 0.3 is 0 Å². The third-order valence-electron chi connectivity index (χ3n) is 4.78. The highest BCUT2D eigenvalue weighted by atomic mass is 16.5. The first-order chi connectivity index (χ1) is 15.1. The molecular weight excluding hydrogens is 396 g/mol. The molecule has 0 radical (unpaired) electrons. The Balaban J connectivity index is 1.44. The molecule has 1 saturated heterocycles. The number of hydrogen-bond donors (Lipinski definition) is 2. The summed E-state index contributed by atoms with van der Waals surface area (Å²) in [5.41, 5.74) is 1.89. The lowest BCUT2D eigenvalue weighted by molar-refractivity contribution is 0.102. The molecule has 4 rings (SSSR count). The van der Waals surface area contributed by atoms with Crippen molar-refractivity contribution in [2.45, 2.75) is 6.92 Å². The summed E-state index contributed by atoms with van der Waals surface area (Å²) in [6, 6.07) is 12.7. The van der Waals surface area contributed by atoms with Crippen LogP contribution in [0, 0.1) is 6.92 Å². The number of carbonyl (C=O) groups excluding carboxylic acids is 1. The lowest BCUT2D eigenvalue weighted by Gasteiger charge is -2.28. The molecule has 9 heteroatoms. The molecule has 0 saturated carbocycles. The van der Waals surface area contributed by atoms with Crippen LogP contribution in [0.5, 0.6) is 5.88 Å². The highest BCUT2D eigenvalue weighted by molar-refractivity contribution is 6.05. The molecule has 0 atom stereocenters. The first-order valence-electron chi connectivity index (χ1n) is 9.98. The summed E-state index contributed by atoms with van der Waals surface area (Å²) in [4.78, 5) is 27.8. The van der Waals surface area contributed by atoms with E-state index in [9.17, 15) is 4.79 Å². The van der Waals surface area contributed by atoms with Gasteiger partial charge in [0, 0.05) is 36.7 Å². The Hall–Kier alpha value is -3.72. The number of methoxy groups -OCH3 is 1. The van der Waals surface area contributed by atoms with Crippen molar-refractivity contribution in [2.75, 3.05) is 48.9 Å². The van der Waals surface area contributed by atoms with E-state index in [1.807, 2.05) is 37.3 Å². The van der Waals surface area contributed by atoms with E-state index in [-0.39, 0.29) is 11.8 Å². The largest absolute Gasteiger partial charge is 0.480 e. The maximum Gasteiger partial charge on any atom is 0.261 e. The lowest BCUT2D eigenvalue weighted by Crippen LogP contribution is -2.36. The number of ether oxygens (including phenoxy) is 2. The van der Waals surface area contributed by atoms with Crippen LogP contribution in [-0.4, -0.2) is 54.3 Å². The summed E-state index contributed by atoms with van der Waals surface area (Å²) < 4.78 is 10.6. The van der Waals surface area contributed by atoms with Crippen LogP contribution in [0.15, 0.2) is 48.7 Å². The Bertz CT molecular complexity index is 1050. The molecule has 31 heavy (non-hydrogen) atoms. The normalized spacial score (nSPS) is 13.5. The second-order valence-electron chi connectivity index (χ2n) is 6.97. The second-order valence-corrected chi connectivity index (χ2v) is 6.97. The van der Waals surface area contributed by atoms with Crippen molar-refractivity contribution in [1.82, 2.24) is 15.0 Å². The highest BCUT2D eigenvalue weighted by Crippen LogP contribution is 2.23. The van der Waals surface area contributed by atoms with Gasteiger partial charge in [-0.05, 0) is 43.3 Å². The summed E-state index contributed by atoms with van der Waals surface area (Å²) in [6.07, 6.45) is 1.58. The van der Waals surface area contributed by atoms with Crippen LogP contribution in [0.1, 0.15) is 16.2 Å². The van der Waals surface area contributed by atoms with E-state index >= 15 is 0 Å². The first kappa shape index (κ1) is 20.5. The maximum absolute atomic E-state index is 12.5. The van der Waals surface area contributed by atoms with Crippen LogP contribution in [0.2, 0.25) is 0 Å². The molecule has 3 heterocycles. The SMILES string of the molecule is COc1ncccc1C(=O)Nc1ccc(Nc2cc(N3CCOCC3)nc(C)n2)cc1. The zero-order valence-corrected chi connectivity index (χ0v) is 17.5. The fourth-order valence-electron chi connectivity index (χ4n) is 3.28. The smallest absolute Gasteiger partial charge is 0.261 e. The highest BCUT2D eigenvalue weighted by Gasteiger charge is 2.15. The molecule has 2 N–H and O–H groups in total. The summed E-state index contributed by atoms with van der Waals surface area (Å²) in [6.45, 7) is 4.90. The van der Waals surface area contributed by atoms with Gasteiger partial charge in [-0.1, -0.05) is 0 Å². The lowest BCUT2D eigenvalue weighted by atomic mass is 10.2. The zero-order chi connectivity index (χ0) is 21.6. The van der Waals surface area contributed by atoms with Crippen molar-refractivity contribution in [2.24, 2.45) is 0 Å². The maximum atomic E-state index is 12.5. The molecular formula is C22H24N6O3. The van der Waals surface area contributed by atoms with Gasteiger partial charge in [0.25, 0.3) is 5.91 Å². The number of pyridine rings is 1. The molecule has 0 bridgehead atoms. The van der Waals surface area contributed by atoms with Crippen LogP contribution < -0.4 is 20.3 Å². The van der Waals surface area contributed by atoms with Gasteiger partial charge in [-0.25, -0.2) is 15.0 Å². The number of nitrogens with one attached hydrogen (secondary N) is 2. The van der Waals surface area contributed by atoms with Crippen LogP contribution in [0.4, 0.5) is 23.0 Å². The fourth-order valence-corrected chi connectivity index (χ4v) is 3.28. The molecule has 1 fully saturated rings. The summed E-state index contributed by atoms with van der Waals surface area (Å²) in [5, 5.41) is 6.16. The fraction of sp³-hybridized carbons (Fsp3) is 0.273. The van der Waals surface area contributed by atoms with E-state index in [1.165, 1.54) is 7.11 Å². The number of morpholine rings is 1. The number of anilines is 4. The first-order valence-corrected chi connectivity index (χ1v) is 9.98. The molecule has 2 aromatic heterocycles. The van der Waals surface area contributed by atoms with E-state index < -0.39 is 0 Å². The van der Waals surface area contributed by atoms with Crippen LogP contribution in [0.25, 0.3) is 0 Å². The van der Waals surface area contributed by atoms with Gasteiger partial charge in [-0.3, -0.25) is 4.79 Å². The Morgan fingerprint density at radius 2 is 1.84 bits per heavy atom. The van der Waals surface area contributed by atoms with E-state index in [1.54, 1.807) is 18.3 Å². The number of aromatic nitrogens is 3. The topological polar surface area (TPSA) is 102 Å². The Morgan fingerprint density at radius 3 is 2.58 bits per heavy atom. The van der Waals surface area contributed by atoms with Gasteiger partial charge in [0.1, 0.15) is 23.0 Å². The van der Waals surface area contributed by atoms with Crippen LogP contribution >= 0.6 is 0 Å². The number of hydrogen-bond acceptors (Lipinski definition) is 8. The monoisotopic (exact) mass is 420 g/mol. The number of aryl methyl sites for hydroxylation is 1. The third kappa shape index (κ3) is 5.07. The van der Waals surface area contributed by atoms with Gasteiger partial charge < -0.3 is 25.0 Å². The number of benzene rings is 1. The quantitative estimate of drug-likeness (QED) is 0.628. The molecule has 1 amide bonds. The van der Waals surface area contributed by atoms with Crippen LogP contribution in [0.3, 0.4) is 0 Å². The molecule has 9 nitrogen and oxygen atoms in total. The van der Waals surface area contributed by atoms with Gasteiger partial charge in [-0.15, -0.1) is 0 Å². The van der Waals surface area contributed by atoms with Gasteiger partial charge in [0.05, 0.1) is 20.3 Å². The Kier molecular flexibility index (Phi) is 6.23.